The highest BCUT2D eigenvalue weighted by Gasteiger charge is 2.27. The van der Waals surface area contributed by atoms with Crippen molar-refractivity contribution in [1.29, 1.82) is 5.26 Å². The number of thiophene rings is 2. The first-order valence-electron chi connectivity index (χ1n) is 9.42. The predicted molar refractivity (Wildman–Crippen MR) is 116 cm³/mol. The van der Waals surface area contributed by atoms with Gasteiger partial charge < -0.3 is 10.6 Å². The van der Waals surface area contributed by atoms with Gasteiger partial charge in [-0.25, -0.2) is 0 Å². The molecule has 0 saturated carbocycles. The fraction of sp³-hybridized carbons (Fsp3) is 0.227. The van der Waals surface area contributed by atoms with E-state index in [1.807, 2.05) is 11.4 Å². The predicted octanol–water partition coefficient (Wildman–Crippen LogP) is 4.61. The van der Waals surface area contributed by atoms with Gasteiger partial charge in [0, 0.05) is 10.4 Å². The Bertz CT molecular complexity index is 1070. The number of carbonyl (C=O) groups is 2. The van der Waals surface area contributed by atoms with E-state index >= 15 is 0 Å². The summed E-state index contributed by atoms with van der Waals surface area (Å²) in [4.78, 5) is 27.5. The second kappa shape index (κ2) is 8.60. The average molecular weight is 422 g/mol. The second-order valence-corrected chi connectivity index (χ2v) is 8.84. The lowest BCUT2D eigenvalue weighted by molar-refractivity contribution is 0.0872. The van der Waals surface area contributed by atoms with Crippen molar-refractivity contribution in [3.8, 4) is 6.07 Å². The number of nitrogens with one attached hydrogen (secondary N) is 2. The van der Waals surface area contributed by atoms with Crippen LogP contribution in [0.1, 0.15) is 48.9 Å². The summed E-state index contributed by atoms with van der Waals surface area (Å²) in [5.41, 5.74) is 2.18. The summed E-state index contributed by atoms with van der Waals surface area (Å²) in [5.74, 6) is -0.563. The average Bonchev–Trinajstić information content (AvgIpc) is 3.41. The van der Waals surface area contributed by atoms with E-state index in [0.717, 1.165) is 31.2 Å². The fourth-order valence-electron chi connectivity index (χ4n) is 3.46. The number of nitrogens with zero attached hydrogens (tertiary/aromatic N) is 1. The van der Waals surface area contributed by atoms with Crippen LogP contribution in [0.15, 0.2) is 47.8 Å². The Morgan fingerprint density at radius 1 is 1.07 bits per heavy atom. The highest BCUT2D eigenvalue weighted by molar-refractivity contribution is 7.16. The molecule has 2 heterocycles. The molecule has 0 unspecified atom stereocenters. The van der Waals surface area contributed by atoms with Crippen molar-refractivity contribution in [1.82, 2.24) is 5.32 Å². The number of rotatable bonds is 6. The summed E-state index contributed by atoms with van der Waals surface area (Å²) in [6, 6.07) is 14.7. The fourth-order valence-corrected chi connectivity index (χ4v) is 5.36. The maximum Gasteiger partial charge on any atom is 0.263 e. The van der Waals surface area contributed by atoms with Gasteiger partial charge in [-0.1, -0.05) is 36.4 Å². The van der Waals surface area contributed by atoms with Gasteiger partial charge in [-0.05, 0) is 42.7 Å². The number of amides is 1. The third kappa shape index (κ3) is 4.09. The van der Waals surface area contributed by atoms with Crippen molar-refractivity contribution in [2.75, 3.05) is 5.32 Å². The molecule has 146 valence electrons. The zero-order valence-corrected chi connectivity index (χ0v) is 17.2. The number of aryl methyl sites for hydroxylation is 1. The van der Waals surface area contributed by atoms with Crippen LogP contribution >= 0.6 is 22.7 Å². The maximum atomic E-state index is 13.1. The van der Waals surface area contributed by atoms with Crippen LogP contribution in [0, 0.1) is 11.3 Å². The molecule has 5 nitrogen and oxygen atoms in total. The van der Waals surface area contributed by atoms with Crippen molar-refractivity contribution in [3.05, 3.63) is 74.3 Å². The molecule has 4 rings (SSSR count). The van der Waals surface area contributed by atoms with Crippen LogP contribution in [0.25, 0.3) is 0 Å². The molecule has 1 aliphatic rings. The Hall–Kier alpha value is -2.95. The number of nitriles is 1. The van der Waals surface area contributed by atoms with E-state index in [2.05, 4.69) is 16.7 Å². The van der Waals surface area contributed by atoms with Crippen LogP contribution in [0.5, 0.6) is 0 Å². The number of carbonyl (C=O) groups excluding carboxylic acids is 2. The Labute approximate surface area is 177 Å². The molecular weight excluding hydrogens is 402 g/mol. The van der Waals surface area contributed by atoms with Crippen molar-refractivity contribution >= 4 is 39.4 Å². The SMILES string of the molecule is N#Cc1c(N[C@H](NC(=O)c2cccs2)C(=O)c2ccccc2)sc2c1CCCC2. The Morgan fingerprint density at radius 3 is 2.59 bits per heavy atom. The number of hydrogen-bond acceptors (Lipinski definition) is 6. The normalized spacial score (nSPS) is 13.8. The van der Waals surface area contributed by atoms with Crippen molar-refractivity contribution in [2.45, 2.75) is 31.8 Å². The minimum absolute atomic E-state index is 0.245. The second-order valence-electron chi connectivity index (χ2n) is 6.79. The van der Waals surface area contributed by atoms with Crippen LogP contribution in [0.3, 0.4) is 0 Å². The Morgan fingerprint density at radius 2 is 1.86 bits per heavy atom. The molecule has 1 aliphatic carbocycles. The lowest BCUT2D eigenvalue weighted by atomic mass is 9.96. The zero-order valence-electron chi connectivity index (χ0n) is 15.6. The molecule has 0 bridgehead atoms. The molecule has 0 saturated heterocycles. The number of hydrogen-bond donors (Lipinski definition) is 2. The van der Waals surface area contributed by atoms with Crippen LogP contribution in [0.4, 0.5) is 5.00 Å². The minimum Gasteiger partial charge on any atom is -0.349 e. The smallest absolute Gasteiger partial charge is 0.263 e. The van der Waals surface area contributed by atoms with Gasteiger partial charge in [0.05, 0.1) is 10.4 Å². The van der Waals surface area contributed by atoms with E-state index in [4.69, 9.17) is 0 Å². The molecule has 7 heteroatoms. The summed E-state index contributed by atoms with van der Waals surface area (Å²) in [6.07, 6.45) is 3.06. The Balaban J connectivity index is 1.65. The quantitative estimate of drug-likeness (QED) is 0.450. The van der Waals surface area contributed by atoms with E-state index < -0.39 is 6.17 Å². The number of fused-ring (bicyclic) bond motifs is 1. The molecular formula is C22H19N3O2S2. The van der Waals surface area contributed by atoms with Gasteiger partial charge in [0.15, 0.2) is 6.17 Å². The van der Waals surface area contributed by atoms with Crippen molar-refractivity contribution < 1.29 is 9.59 Å². The molecule has 1 amide bonds. The molecule has 29 heavy (non-hydrogen) atoms. The topological polar surface area (TPSA) is 82.0 Å². The summed E-state index contributed by atoms with van der Waals surface area (Å²) < 4.78 is 0. The summed E-state index contributed by atoms with van der Waals surface area (Å²) >= 11 is 2.83. The van der Waals surface area contributed by atoms with E-state index in [-0.39, 0.29) is 11.7 Å². The standard InChI is InChI=1S/C22H19N3O2S2/c23-13-16-15-9-4-5-10-17(15)29-22(16)25-20(19(26)14-7-2-1-3-8-14)24-21(27)18-11-6-12-28-18/h1-3,6-8,11-12,20,25H,4-5,9-10H2,(H,24,27)/t20-/m0/s1. The Kier molecular flexibility index (Phi) is 5.74. The lowest BCUT2D eigenvalue weighted by Crippen LogP contribution is -2.46. The first-order valence-corrected chi connectivity index (χ1v) is 11.1. The number of benzene rings is 1. The minimum atomic E-state index is -0.959. The van der Waals surface area contributed by atoms with Crippen LogP contribution in [0.2, 0.25) is 0 Å². The van der Waals surface area contributed by atoms with Crippen molar-refractivity contribution in [3.63, 3.8) is 0 Å². The van der Waals surface area contributed by atoms with Gasteiger partial charge in [0.1, 0.15) is 11.1 Å². The highest BCUT2D eigenvalue weighted by Crippen LogP contribution is 2.38. The molecule has 0 fully saturated rings. The van der Waals surface area contributed by atoms with Gasteiger partial charge in [-0.2, -0.15) is 5.26 Å². The largest absolute Gasteiger partial charge is 0.349 e. The molecule has 2 aromatic heterocycles. The summed E-state index contributed by atoms with van der Waals surface area (Å²) in [5, 5.41) is 18.2. The van der Waals surface area contributed by atoms with Gasteiger partial charge in [-0.3, -0.25) is 9.59 Å². The molecule has 0 aliphatic heterocycles. The monoisotopic (exact) mass is 421 g/mol. The molecule has 2 N–H and O–H groups in total. The zero-order chi connectivity index (χ0) is 20.2. The van der Waals surface area contributed by atoms with E-state index in [1.54, 1.807) is 36.4 Å². The molecule has 1 aromatic carbocycles. The lowest BCUT2D eigenvalue weighted by Gasteiger charge is -2.19. The van der Waals surface area contributed by atoms with Crippen molar-refractivity contribution in [2.24, 2.45) is 0 Å². The van der Waals surface area contributed by atoms with Gasteiger partial charge in [-0.15, -0.1) is 22.7 Å². The third-order valence-electron chi connectivity index (χ3n) is 4.90. The molecule has 3 aromatic rings. The first-order chi connectivity index (χ1) is 14.2. The number of anilines is 1. The van der Waals surface area contributed by atoms with Gasteiger partial charge in [0.2, 0.25) is 5.78 Å². The molecule has 0 radical (unpaired) electrons. The van der Waals surface area contributed by atoms with E-state index in [1.165, 1.54) is 27.6 Å². The maximum absolute atomic E-state index is 13.1. The van der Waals surface area contributed by atoms with Gasteiger partial charge >= 0.3 is 0 Å². The summed E-state index contributed by atoms with van der Waals surface area (Å²) in [7, 11) is 0. The van der Waals surface area contributed by atoms with Crippen LogP contribution in [-0.4, -0.2) is 17.9 Å². The van der Waals surface area contributed by atoms with E-state index in [9.17, 15) is 14.9 Å². The number of ketones is 1. The molecule has 0 spiro atoms. The summed E-state index contributed by atoms with van der Waals surface area (Å²) in [6.45, 7) is 0. The van der Waals surface area contributed by atoms with E-state index in [0.29, 0.717) is 21.0 Å². The van der Waals surface area contributed by atoms with Crippen LogP contribution < -0.4 is 10.6 Å². The number of Topliss-reactive ketones (excluding diaryl/α,β-unsaturated/α-hetero) is 1. The highest BCUT2D eigenvalue weighted by atomic mass is 32.1. The van der Waals surface area contributed by atoms with Gasteiger partial charge in [0.25, 0.3) is 5.91 Å². The molecule has 1 atom stereocenters. The third-order valence-corrected chi connectivity index (χ3v) is 6.99. The first kappa shape index (κ1) is 19.4. The van der Waals surface area contributed by atoms with Crippen LogP contribution in [-0.2, 0) is 12.8 Å².